The third-order valence-corrected chi connectivity index (χ3v) is 5.07. The fourth-order valence-electron chi connectivity index (χ4n) is 2.84. The van der Waals surface area contributed by atoms with Crippen LogP contribution in [-0.2, 0) is 16.0 Å². The molecule has 2 N–H and O–H groups in total. The molecule has 0 aliphatic carbocycles. The van der Waals surface area contributed by atoms with Crippen LogP contribution in [0.5, 0.6) is 0 Å². The number of benzene rings is 1. The standard InChI is InChI=1S/C17H18FN3O2S/c18-13-5-1-3-11(7-13)17-20-14(10-24-17)8-15(22)21-6-2-4-12(9-21)16(19)23/h1,3,5,7,10,12H,2,4,6,8-9H2,(H2,19,23). The van der Waals surface area contributed by atoms with Crippen molar-refractivity contribution in [3.05, 3.63) is 41.2 Å². The van der Waals surface area contributed by atoms with Crippen molar-refractivity contribution in [2.45, 2.75) is 19.3 Å². The first-order valence-corrected chi connectivity index (χ1v) is 8.68. The fourth-order valence-corrected chi connectivity index (χ4v) is 3.66. The van der Waals surface area contributed by atoms with Gasteiger partial charge in [0.1, 0.15) is 10.8 Å². The van der Waals surface area contributed by atoms with Crippen molar-refractivity contribution in [2.75, 3.05) is 13.1 Å². The molecule has 2 amide bonds. The highest BCUT2D eigenvalue weighted by Crippen LogP contribution is 2.25. The average Bonchev–Trinajstić information content (AvgIpc) is 3.03. The SMILES string of the molecule is NC(=O)C1CCCN(C(=O)Cc2csc(-c3cccc(F)c3)n2)C1. The summed E-state index contributed by atoms with van der Waals surface area (Å²) in [5.41, 5.74) is 6.70. The zero-order chi connectivity index (χ0) is 17.1. The smallest absolute Gasteiger partial charge is 0.228 e. The number of rotatable bonds is 4. The van der Waals surface area contributed by atoms with E-state index in [1.165, 1.54) is 23.5 Å². The lowest BCUT2D eigenvalue weighted by Crippen LogP contribution is -2.44. The first-order chi connectivity index (χ1) is 11.5. The Bertz CT molecular complexity index is 762. The summed E-state index contributed by atoms with van der Waals surface area (Å²) in [4.78, 5) is 29.8. The maximum Gasteiger partial charge on any atom is 0.228 e. The lowest BCUT2D eigenvalue weighted by molar-refractivity contribution is -0.134. The quantitative estimate of drug-likeness (QED) is 0.921. The number of aromatic nitrogens is 1. The van der Waals surface area contributed by atoms with Gasteiger partial charge >= 0.3 is 0 Å². The number of carbonyl (C=O) groups excluding carboxylic acids is 2. The van der Waals surface area contributed by atoms with Crippen molar-refractivity contribution in [1.29, 1.82) is 0 Å². The molecule has 1 aliphatic heterocycles. The highest BCUT2D eigenvalue weighted by atomic mass is 32.1. The average molecular weight is 347 g/mol. The Hall–Kier alpha value is -2.28. The van der Waals surface area contributed by atoms with Gasteiger partial charge in [-0.05, 0) is 25.0 Å². The number of primary amides is 1. The molecule has 0 radical (unpaired) electrons. The first kappa shape index (κ1) is 16.6. The minimum atomic E-state index is -0.352. The van der Waals surface area contributed by atoms with Crippen molar-refractivity contribution in [2.24, 2.45) is 11.7 Å². The van der Waals surface area contributed by atoms with Gasteiger partial charge in [-0.15, -0.1) is 11.3 Å². The van der Waals surface area contributed by atoms with E-state index in [0.717, 1.165) is 12.8 Å². The summed E-state index contributed by atoms with van der Waals surface area (Å²) < 4.78 is 13.3. The number of thiazole rings is 1. The highest BCUT2D eigenvalue weighted by Gasteiger charge is 2.27. The first-order valence-electron chi connectivity index (χ1n) is 7.80. The molecule has 3 rings (SSSR count). The van der Waals surface area contributed by atoms with Crippen LogP contribution in [-0.4, -0.2) is 34.8 Å². The van der Waals surface area contributed by atoms with E-state index >= 15 is 0 Å². The van der Waals surface area contributed by atoms with Gasteiger partial charge < -0.3 is 10.6 Å². The minimum Gasteiger partial charge on any atom is -0.369 e. The largest absolute Gasteiger partial charge is 0.369 e. The summed E-state index contributed by atoms with van der Waals surface area (Å²) in [6, 6.07) is 6.23. The van der Waals surface area contributed by atoms with Crippen LogP contribution >= 0.6 is 11.3 Å². The number of hydrogen-bond donors (Lipinski definition) is 1. The molecule has 7 heteroatoms. The molecule has 5 nitrogen and oxygen atoms in total. The summed E-state index contributed by atoms with van der Waals surface area (Å²) in [5, 5.41) is 2.50. The monoisotopic (exact) mass is 347 g/mol. The summed E-state index contributed by atoms with van der Waals surface area (Å²) >= 11 is 1.38. The van der Waals surface area contributed by atoms with E-state index < -0.39 is 0 Å². The van der Waals surface area contributed by atoms with Crippen LogP contribution in [0.15, 0.2) is 29.6 Å². The predicted molar refractivity (Wildman–Crippen MR) is 89.7 cm³/mol. The summed E-state index contributed by atoms with van der Waals surface area (Å²) in [5.74, 6) is -0.987. The molecule has 0 spiro atoms. The maximum atomic E-state index is 13.3. The molecule has 2 aromatic rings. The van der Waals surface area contributed by atoms with Gasteiger partial charge in [0.2, 0.25) is 11.8 Å². The van der Waals surface area contributed by atoms with E-state index in [9.17, 15) is 14.0 Å². The van der Waals surface area contributed by atoms with Gasteiger partial charge in [-0.2, -0.15) is 0 Å². The molecule has 1 aromatic heterocycles. The molecule has 24 heavy (non-hydrogen) atoms. The summed E-state index contributed by atoms with van der Waals surface area (Å²) in [6.45, 7) is 1.03. The predicted octanol–water partition coefficient (Wildman–Crippen LogP) is 2.22. The second kappa shape index (κ2) is 7.09. The molecule has 1 aliphatic rings. The Kier molecular flexibility index (Phi) is 4.89. The Morgan fingerprint density at radius 2 is 2.25 bits per heavy atom. The van der Waals surface area contributed by atoms with Gasteiger partial charge in [-0.1, -0.05) is 12.1 Å². The van der Waals surface area contributed by atoms with Gasteiger partial charge in [0.15, 0.2) is 0 Å². The van der Waals surface area contributed by atoms with Gasteiger partial charge in [0.25, 0.3) is 0 Å². The molecular formula is C17H18FN3O2S. The molecule has 0 saturated carbocycles. The van der Waals surface area contributed by atoms with Crippen LogP contribution in [0.3, 0.4) is 0 Å². The number of likely N-dealkylation sites (tertiary alicyclic amines) is 1. The van der Waals surface area contributed by atoms with Gasteiger partial charge in [0, 0.05) is 24.0 Å². The molecule has 126 valence electrons. The summed E-state index contributed by atoms with van der Waals surface area (Å²) in [7, 11) is 0. The van der Waals surface area contributed by atoms with Crippen LogP contribution in [0.1, 0.15) is 18.5 Å². The van der Waals surface area contributed by atoms with E-state index in [-0.39, 0.29) is 30.0 Å². The second-order valence-electron chi connectivity index (χ2n) is 5.91. The maximum absolute atomic E-state index is 13.3. The number of halogens is 1. The third kappa shape index (κ3) is 3.79. The van der Waals surface area contributed by atoms with Crippen LogP contribution in [0.4, 0.5) is 4.39 Å². The normalized spacial score (nSPS) is 17.7. The number of nitrogens with zero attached hydrogens (tertiary/aromatic N) is 2. The van der Waals surface area contributed by atoms with Gasteiger partial charge in [-0.25, -0.2) is 9.37 Å². The van der Waals surface area contributed by atoms with Crippen LogP contribution in [0.25, 0.3) is 10.6 Å². The molecule has 2 heterocycles. The van der Waals surface area contributed by atoms with Crippen LogP contribution in [0.2, 0.25) is 0 Å². The Balaban J connectivity index is 1.66. The third-order valence-electron chi connectivity index (χ3n) is 4.13. The number of carbonyl (C=O) groups is 2. The van der Waals surface area contributed by atoms with Gasteiger partial charge in [0.05, 0.1) is 18.0 Å². The fraction of sp³-hybridized carbons (Fsp3) is 0.353. The molecule has 0 bridgehead atoms. The van der Waals surface area contributed by atoms with Crippen molar-refractivity contribution < 1.29 is 14.0 Å². The number of hydrogen-bond acceptors (Lipinski definition) is 4. The lowest BCUT2D eigenvalue weighted by Gasteiger charge is -2.31. The van der Waals surface area contributed by atoms with E-state index in [1.807, 2.05) is 5.38 Å². The molecular weight excluding hydrogens is 329 g/mol. The molecule has 1 atom stereocenters. The van der Waals surface area contributed by atoms with E-state index in [1.54, 1.807) is 17.0 Å². The molecule has 1 saturated heterocycles. The number of amides is 2. The topological polar surface area (TPSA) is 76.3 Å². The highest BCUT2D eigenvalue weighted by molar-refractivity contribution is 7.13. The van der Waals surface area contributed by atoms with Crippen molar-refractivity contribution in [1.82, 2.24) is 9.88 Å². The van der Waals surface area contributed by atoms with Gasteiger partial charge in [-0.3, -0.25) is 9.59 Å². The lowest BCUT2D eigenvalue weighted by atomic mass is 9.97. The van der Waals surface area contributed by atoms with Crippen molar-refractivity contribution in [3.63, 3.8) is 0 Å². The minimum absolute atomic E-state index is 0.0583. The zero-order valence-electron chi connectivity index (χ0n) is 13.1. The zero-order valence-corrected chi connectivity index (χ0v) is 13.9. The van der Waals surface area contributed by atoms with Crippen LogP contribution < -0.4 is 5.73 Å². The molecule has 1 fully saturated rings. The van der Waals surface area contributed by atoms with E-state index in [2.05, 4.69) is 4.98 Å². The molecule has 1 unspecified atom stereocenters. The summed E-state index contributed by atoms with van der Waals surface area (Å²) in [6.07, 6.45) is 1.70. The Morgan fingerprint density at radius 1 is 1.42 bits per heavy atom. The van der Waals surface area contributed by atoms with Crippen molar-refractivity contribution >= 4 is 23.2 Å². The second-order valence-corrected chi connectivity index (χ2v) is 6.77. The Labute approximate surface area is 143 Å². The van der Waals surface area contributed by atoms with Crippen LogP contribution in [0, 0.1) is 11.7 Å². The number of nitrogens with two attached hydrogens (primary N) is 1. The van der Waals surface area contributed by atoms with Crippen molar-refractivity contribution in [3.8, 4) is 10.6 Å². The van der Waals surface area contributed by atoms with E-state index in [0.29, 0.717) is 29.4 Å². The number of piperidine rings is 1. The van der Waals surface area contributed by atoms with E-state index in [4.69, 9.17) is 5.73 Å². The Morgan fingerprint density at radius 3 is 3.00 bits per heavy atom. The molecule has 1 aromatic carbocycles.